The third-order valence-corrected chi connectivity index (χ3v) is 0.956. The van der Waals surface area contributed by atoms with E-state index in [2.05, 4.69) is 6.92 Å². The van der Waals surface area contributed by atoms with E-state index in [1.165, 1.54) is 6.92 Å². The minimum Gasteiger partial charge on any atom is -0.303 e. The van der Waals surface area contributed by atoms with Crippen molar-refractivity contribution in [3.05, 3.63) is 6.92 Å². The van der Waals surface area contributed by atoms with Crippen molar-refractivity contribution in [2.24, 2.45) is 5.92 Å². The average Bonchev–Trinajstić information content (AvgIpc) is 1.67. The van der Waals surface area contributed by atoms with Crippen LogP contribution in [-0.2, 0) is 9.59 Å². The maximum atomic E-state index is 10.3. The lowest BCUT2D eigenvalue weighted by atomic mass is 10.1. The number of rotatable bonds is 3. The summed E-state index contributed by atoms with van der Waals surface area (Å²) in [5.74, 6) is -0.371. The van der Waals surface area contributed by atoms with Crippen LogP contribution in [-0.4, -0.2) is 12.1 Å². The second kappa shape index (κ2) is 3.36. The minimum atomic E-state index is -0.340. The highest BCUT2D eigenvalue weighted by Gasteiger charge is 2.04. The van der Waals surface area contributed by atoms with Gasteiger partial charge in [-0.3, -0.25) is 4.79 Å². The summed E-state index contributed by atoms with van der Waals surface area (Å²) in [4.78, 5) is 20.0. The fourth-order valence-electron chi connectivity index (χ4n) is 0.282. The van der Waals surface area contributed by atoms with E-state index >= 15 is 0 Å². The SMILES string of the molecule is [CH2]C(CC=O)C(C)=O. The molecule has 0 spiro atoms. The number of ketones is 1. The Bertz CT molecular complexity index is 96.7. The van der Waals surface area contributed by atoms with Crippen LogP contribution in [0.15, 0.2) is 0 Å². The zero-order valence-corrected chi connectivity index (χ0v) is 4.89. The summed E-state index contributed by atoms with van der Waals surface area (Å²) in [6.45, 7) is 4.88. The molecule has 0 aliphatic carbocycles. The predicted octanol–water partition coefficient (Wildman–Crippen LogP) is 0.615. The molecule has 1 unspecified atom stereocenters. The van der Waals surface area contributed by atoms with Crippen LogP contribution in [0.1, 0.15) is 13.3 Å². The number of hydrogen-bond acceptors (Lipinski definition) is 2. The molecule has 1 atom stereocenters. The summed E-state index contributed by atoms with van der Waals surface area (Å²) in [6.07, 6.45) is 0.953. The summed E-state index contributed by atoms with van der Waals surface area (Å²) in [5, 5.41) is 0. The highest BCUT2D eigenvalue weighted by atomic mass is 16.1. The average molecular weight is 113 g/mol. The van der Waals surface area contributed by atoms with Gasteiger partial charge in [0.15, 0.2) is 0 Å². The van der Waals surface area contributed by atoms with Crippen molar-refractivity contribution in [1.82, 2.24) is 0 Å². The van der Waals surface area contributed by atoms with Crippen molar-refractivity contribution in [1.29, 1.82) is 0 Å². The Hall–Kier alpha value is -0.660. The molecule has 8 heavy (non-hydrogen) atoms. The first-order chi connectivity index (χ1) is 3.68. The van der Waals surface area contributed by atoms with E-state index in [9.17, 15) is 9.59 Å². The van der Waals surface area contributed by atoms with E-state index in [-0.39, 0.29) is 18.1 Å². The van der Waals surface area contributed by atoms with Gasteiger partial charge in [-0.2, -0.15) is 0 Å². The van der Waals surface area contributed by atoms with E-state index < -0.39 is 0 Å². The smallest absolute Gasteiger partial charge is 0.133 e. The monoisotopic (exact) mass is 113 g/mol. The second-order valence-corrected chi connectivity index (χ2v) is 1.71. The number of carbonyl (C=O) groups excluding carboxylic acids is 2. The highest BCUT2D eigenvalue weighted by molar-refractivity contribution is 5.81. The van der Waals surface area contributed by atoms with Crippen LogP contribution in [0.3, 0.4) is 0 Å². The van der Waals surface area contributed by atoms with Gasteiger partial charge >= 0.3 is 0 Å². The molecule has 0 aromatic rings. The van der Waals surface area contributed by atoms with Crippen LogP contribution in [0.5, 0.6) is 0 Å². The Morgan fingerprint density at radius 2 is 2.38 bits per heavy atom. The molecule has 2 nitrogen and oxygen atoms in total. The molecule has 0 amide bonds. The van der Waals surface area contributed by atoms with Crippen molar-refractivity contribution >= 4 is 12.1 Å². The van der Waals surface area contributed by atoms with Crippen LogP contribution in [0, 0.1) is 12.8 Å². The van der Waals surface area contributed by atoms with Crippen LogP contribution in [0.4, 0.5) is 0 Å². The second-order valence-electron chi connectivity index (χ2n) is 1.71. The third-order valence-electron chi connectivity index (χ3n) is 0.956. The summed E-state index contributed by atoms with van der Waals surface area (Å²) in [7, 11) is 0. The van der Waals surface area contributed by atoms with E-state index in [4.69, 9.17) is 0 Å². The van der Waals surface area contributed by atoms with Gasteiger partial charge in [0.2, 0.25) is 0 Å². The molecular formula is C6H9O2. The van der Waals surface area contributed by atoms with Crippen molar-refractivity contribution < 1.29 is 9.59 Å². The molecule has 0 aliphatic heterocycles. The van der Waals surface area contributed by atoms with Gasteiger partial charge in [-0.15, -0.1) is 0 Å². The van der Waals surface area contributed by atoms with Crippen molar-refractivity contribution in [2.45, 2.75) is 13.3 Å². The molecule has 0 fully saturated rings. The van der Waals surface area contributed by atoms with Gasteiger partial charge in [0.25, 0.3) is 0 Å². The van der Waals surface area contributed by atoms with Gasteiger partial charge in [0.1, 0.15) is 12.1 Å². The van der Waals surface area contributed by atoms with Crippen molar-refractivity contribution in [3.8, 4) is 0 Å². The van der Waals surface area contributed by atoms with Crippen LogP contribution < -0.4 is 0 Å². The normalized spacial score (nSPS) is 12.8. The zero-order valence-electron chi connectivity index (χ0n) is 4.89. The summed E-state index contributed by atoms with van der Waals surface area (Å²) in [5.41, 5.74) is 0. The lowest BCUT2D eigenvalue weighted by molar-refractivity contribution is -0.121. The number of Topliss-reactive ketones (excluding diaryl/α,β-unsaturated/α-hetero) is 1. The molecule has 0 aromatic heterocycles. The maximum Gasteiger partial charge on any atom is 0.133 e. The molecular weight excluding hydrogens is 104 g/mol. The maximum absolute atomic E-state index is 10.3. The molecule has 0 aromatic carbocycles. The fourth-order valence-corrected chi connectivity index (χ4v) is 0.282. The topological polar surface area (TPSA) is 34.1 Å². The Morgan fingerprint density at radius 1 is 1.88 bits per heavy atom. The molecule has 0 bridgehead atoms. The third kappa shape index (κ3) is 2.50. The van der Waals surface area contributed by atoms with Gasteiger partial charge < -0.3 is 4.79 Å². The van der Waals surface area contributed by atoms with Crippen molar-refractivity contribution in [2.75, 3.05) is 0 Å². The fraction of sp³-hybridized carbons (Fsp3) is 0.500. The first-order valence-corrected chi connectivity index (χ1v) is 2.45. The van der Waals surface area contributed by atoms with Crippen LogP contribution in [0.25, 0.3) is 0 Å². The predicted molar refractivity (Wildman–Crippen MR) is 30.2 cm³/mol. The number of carbonyl (C=O) groups is 2. The van der Waals surface area contributed by atoms with Crippen LogP contribution >= 0.6 is 0 Å². The molecule has 0 aliphatic rings. The van der Waals surface area contributed by atoms with Gasteiger partial charge in [0, 0.05) is 12.3 Å². The number of aldehydes is 1. The van der Waals surface area contributed by atoms with E-state index in [0.717, 1.165) is 0 Å². The molecule has 1 radical (unpaired) electrons. The van der Waals surface area contributed by atoms with E-state index in [1.54, 1.807) is 0 Å². The summed E-state index contributed by atoms with van der Waals surface area (Å²) >= 11 is 0. The summed E-state index contributed by atoms with van der Waals surface area (Å²) < 4.78 is 0. The lowest BCUT2D eigenvalue weighted by Gasteiger charge is -1.97. The first-order valence-electron chi connectivity index (χ1n) is 2.45. The van der Waals surface area contributed by atoms with Crippen LogP contribution in [0.2, 0.25) is 0 Å². The highest BCUT2D eigenvalue weighted by Crippen LogP contribution is 1.97. The van der Waals surface area contributed by atoms with Gasteiger partial charge in [-0.25, -0.2) is 0 Å². The Labute approximate surface area is 48.9 Å². The van der Waals surface area contributed by atoms with Gasteiger partial charge in [0.05, 0.1) is 0 Å². The van der Waals surface area contributed by atoms with Crippen molar-refractivity contribution in [3.63, 3.8) is 0 Å². The molecule has 2 heteroatoms. The molecule has 0 saturated carbocycles. The quantitative estimate of drug-likeness (QED) is 0.502. The minimum absolute atomic E-state index is 0.0305. The van der Waals surface area contributed by atoms with E-state index in [0.29, 0.717) is 6.29 Å². The molecule has 0 heterocycles. The van der Waals surface area contributed by atoms with Gasteiger partial charge in [-0.05, 0) is 13.8 Å². The standard InChI is InChI=1S/C6H9O2/c1-5(3-4-7)6(2)8/h4-5H,1,3H2,2H3. The molecule has 0 saturated heterocycles. The number of hydrogen-bond donors (Lipinski definition) is 0. The zero-order chi connectivity index (χ0) is 6.57. The molecule has 45 valence electrons. The Kier molecular flexibility index (Phi) is 3.08. The summed E-state index contributed by atoms with van der Waals surface area (Å²) in [6, 6.07) is 0. The first kappa shape index (κ1) is 7.34. The Morgan fingerprint density at radius 3 is 2.50 bits per heavy atom. The largest absolute Gasteiger partial charge is 0.303 e. The molecule has 0 N–H and O–H groups in total. The molecule has 0 rings (SSSR count). The van der Waals surface area contributed by atoms with E-state index in [1.807, 2.05) is 0 Å². The van der Waals surface area contributed by atoms with Gasteiger partial charge in [-0.1, -0.05) is 0 Å². The lowest BCUT2D eigenvalue weighted by Crippen LogP contribution is -2.06. The Balaban J connectivity index is 3.46.